The van der Waals surface area contributed by atoms with E-state index in [1.54, 1.807) is 0 Å². The molecule has 3 heteroatoms. The molecule has 1 heterocycles. The Balaban J connectivity index is 2.41. The zero-order valence-corrected chi connectivity index (χ0v) is 8.49. The number of hydrogen-bond acceptors (Lipinski definition) is 2. The minimum absolute atomic E-state index is 0.290. The van der Waals surface area contributed by atoms with Crippen LogP contribution in [0.15, 0.2) is 0 Å². The second-order valence-electron chi connectivity index (χ2n) is 4.06. The molecule has 70 valence electrons. The fourth-order valence-corrected chi connectivity index (χ4v) is 3.14. The molecule has 12 heavy (non-hydrogen) atoms. The smallest absolute Gasteiger partial charge is 0.303 e. The van der Waals surface area contributed by atoms with Gasteiger partial charge in [0.15, 0.2) is 0 Å². The fourth-order valence-electron chi connectivity index (χ4n) is 1.78. The summed E-state index contributed by atoms with van der Waals surface area (Å²) in [7, 11) is 0. The maximum atomic E-state index is 10.5. The van der Waals surface area contributed by atoms with Crippen molar-refractivity contribution in [2.24, 2.45) is 5.92 Å². The summed E-state index contributed by atoms with van der Waals surface area (Å²) in [5.74, 6) is 0.867. The molecule has 0 radical (unpaired) electrons. The Morgan fingerprint density at radius 2 is 2.33 bits per heavy atom. The van der Waals surface area contributed by atoms with Gasteiger partial charge in [-0.25, -0.2) is 0 Å². The van der Waals surface area contributed by atoms with Gasteiger partial charge < -0.3 is 5.11 Å². The van der Waals surface area contributed by atoms with E-state index in [4.69, 9.17) is 5.11 Å². The molecule has 2 nitrogen and oxygen atoms in total. The van der Waals surface area contributed by atoms with Crippen LogP contribution in [0, 0.1) is 5.92 Å². The maximum Gasteiger partial charge on any atom is 0.303 e. The number of hydrogen-bond donors (Lipinski definition) is 1. The molecule has 1 N–H and O–H groups in total. The van der Waals surface area contributed by atoms with Gasteiger partial charge in [-0.1, -0.05) is 13.8 Å². The molecule has 0 aromatic rings. The lowest BCUT2D eigenvalue weighted by Crippen LogP contribution is -2.27. The van der Waals surface area contributed by atoms with Crippen LogP contribution in [0.4, 0.5) is 0 Å². The number of thioether (sulfide) groups is 1. The van der Waals surface area contributed by atoms with Gasteiger partial charge in [-0.3, -0.25) is 4.79 Å². The Hall–Kier alpha value is -0.180. The second kappa shape index (κ2) is 3.69. The van der Waals surface area contributed by atoms with Gasteiger partial charge in [0, 0.05) is 11.2 Å². The van der Waals surface area contributed by atoms with Crippen molar-refractivity contribution in [2.45, 2.75) is 37.9 Å². The van der Waals surface area contributed by atoms with E-state index < -0.39 is 5.97 Å². The molecule has 0 aromatic carbocycles. The molecule has 1 aliphatic heterocycles. The zero-order valence-electron chi connectivity index (χ0n) is 7.67. The predicted octanol–water partition coefficient (Wildman–Crippen LogP) is 2.38. The number of aliphatic carboxylic acids is 1. The number of carboxylic acid groups (broad SMARTS) is 1. The van der Waals surface area contributed by atoms with Crippen LogP contribution in [-0.4, -0.2) is 21.6 Å². The van der Waals surface area contributed by atoms with Crippen LogP contribution in [0.1, 0.15) is 33.1 Å². The van der Waals surface area contributed by atoms with Crippen LogP contribution in [0.25, 0.3) is 0 Å². The third kappa shape index (κ3) is 3.05. The van der Waals surface area contributed by atoms with Gasteiger partial charge in [0.1, 0.15) is 0 Å². The van der Waals surface area contributed by atoms with Crippen LogP contribution >= 0.6 is 11.8 Å². The van der Waals surface area contributed by atoms with Crippen LogP contribution in [0.2, 0.25) is 0 Å². The standard InChI is InChI=1S/C9H16O2S/c1-9(2)6-7(3-4-12-9)5-8(10)11/h7H,3-6H2,1-2H3,(H,10,11). The summed E-state index contributed by atoms with van der Waals surface area (Å²) in [4.78, 5) is 10.5. The van der Waals surface area contributed by atoms with Gasteiger partial charge in [0.05, 0.1) is 0 Å². The van der Waals surface area contributed by atoms with E-state index >= 15 is 0 Å². The van der Waals surface area contributed by atoms with Crippen LogP contribution in [0.3, 0.4) is 0 Å². The highest BCUT2D eigenvalue weighted by atomic mass is 32.2. The van der Waals surface area contributed by atoms with E-state index in [1.165, 1.54) is 0 Å². The maximum absolute atomic E-state index is 10.5. The normalized spacial score (nSPS) is 28.3. The molecule has 1 atom stereocenters. The highest BCUT2D eigenvalue weighted by Crippen LogP contribution is 2.39. The first-order valence-corrected chi connectivity index (χ1v) is 5.34. The van der Waals surface area contributed by atoms with E-state index in [0.29, 0.717) is 17.1 Å². The van der Waals surface area contributed by atoms with Gasteiger partial charge in [-0.2, -0.15) is 11.8 Å². The van der Waals surface area contributed by atoms with Crippen molar-refractivity contribution in [3.63, 3.8) is 0 Å². The predicted molar refractivity (Wildman–Crippen MR) is 51.5 cm³/mol. The molecule has 0 amide bonds. The van der Waals surface area contributed by atoms with Gasteiger partial charge in [-0.15, -0.1) is 0 Å². The number of rotatable bonds is 2. The van der Waals surface area contributed by atoms with Crippen LogP contribution in [-0.2, 0) is 4.79 Å². The van der Waals surface area contributed by atoms with Crippen LogP contribution in [0.5, 0.6) is 0 Å². The van der Waals surface area contributed by atoms with E-state index in [1.807, 2.05) is 11.8 Å². The minimum Gasteiger partial charge on any atom is -0.481 e. The summed E-state index contributed by atoms with van der Waals surface area (Å²) in [6.07, 6.45) is 2.47. The van der Waals surface area contributed by atoms with Gasteiger partial charge in [0.25, 0.3) is 0 Å². The Bertz CT molecular complexity index is 177. The van der Waals surface area contributed by atoms with Crippen molar-refractivity contribution >= 4 is 17.7 Å². The Kier molecular flexibility index (Phi) is 3.04. The van der Waals surface area contributed by atoms with Crippen molar-refractivity contribution in [3.8, 4) is 0 Å². The van der Waals surface area contributed by atoms with E-state index in [0.717, 1.165) is 18.6 Å². The average Bonchev–Trinajstić information content (AvgIpc) is 1.82. The minimum atomic E-state index is -0.650. The van der Waals surface area contributed by atoms with Gasteiger partial charge >= 0.3 is 5.97 Å². The molecule has 0 saturated carbocycles. The first kappa shape index (κ1) is 9.90. The lowest BCUT2D eigenvalue weighted by atomic mass is 9.91. The Labute approximate surface area is 77.7 Å². The SMILES string of the molecule is CC1(C)CC(CC(=O)O)CCS1. The molecule has 1 unspecified atom stereocenters. The van der Waals surface area contributed by atoms with Crippen molar-refractivity contribution < 1.29 is 9.90 Å². The van der Waals surface area contributed by atoms with Crippen molar-refractivity contribution in [2.75, 3.05) is 5.75 Å². The van der Waals surface area contributed by atoms with Gasteiger partial charge in [0.2, 0.25) is 0 Å². The second-order valence-corrected chi connectivity index (χ2v) is 5.87. The van der Waals surface area contributed by atoms with Crippen molar-refractivity contribution in [1.29, 1.82) is 0 Å². The summed E-state index contributed by atoms with van der Waals surface area (Å²) < 4.78 is 0.290. The summed E-state index contributed by atoms with van der Waals surface area (Å²) in [6.45, 7) is 4.40. The highest BCUT2D eigenvalue weighted by molar-refractivity contribution is 8.00. The molecule has 0 aliphatic carbocycles. The highest BCUT2D eigenvalue weighted by Gasteiger charge is 2.29. The number of carbonyl (C=O) groups is 1. The lowest BCUT2D eigenvalue weighted by Gasteiger charge is -2.33. The van der Waals surface area contributed by atoms with Crippen molar-refractivity contribution in [1.82, 2.24) is 0 Å². The number of carboxylic acids is 1. The molecule has 0 bridgehead atoms. The van der Waals surface area contributed by atoms with Gasteiger partial charge in [-0.05, 0) is 24.5 Å². The summed E-state index contributed by atoms with van der Waals surface area (Å²) in [5.41, 5.74) is 0. The fraction of sp³-hybridized carbons (Fsp3) is 0.889. The summed E-state index contributed by atoms with van der Waals surface area (Å²) in [5, 5.41) is 8.63. The molecule has 0 aromatic heterocycles. The third-order valence-electron chi connectivity index (χ3n) is 2.26. The van der Waals surface area contributed by atoms with Crippen LogP contribution < -0.4 is 0 Å². The lowest BCUT2D eigenvalue weighted by molar-refractivity contribution is -0.138. The Morgan fingerprint density at radius 3 is 2.83 bits per heavy atom. The van der Waals surface area contributed by atoms with E-state index in [-0.39, 0.29) is 0 Å². The Morgan fingerprint density at radius 1 is 1.67 bits per heavy atom. The topological polar surface area (TPSA) is 37.3 Å². The zero-order chi connectivity index (χ0) is 9.19. The first-order valence-electron chi connectivity index (χ1n) is 4.35. The molecule has 1 rings (SSSR count). The summed E-state index contributed by atoms with van der Waals surface area (Å²) >= 11 is 1.96. The van der Waals surface area contributed by atoms with Crippen molar-refractivity contribution in [3.05, 3.63) is 0 Å². The average molecular weight is 188 g/mol. The molecule has 1 saturated heterocycles. The largest absolute Gasteiger partial charge is 0.481 e. The molecule has 0 spiro atoms. The van der Waals surface area contributed by atoms with E-state index in [2.05, 4.69) is 13.8 Å². The third-order valence-corrected chi connectivity index (χ3v) is 3.65. The quantitative estimate of drug-likeness (QED) is 0.723. The molecular formula is C9H16O2S. The summed E-state index contributed by atoms with van der Waals surface area (Å²) in [6, 6.07) is 0. The molecule has 1 aliphatic rings. The monoisotopic (exact) mass is 188 g/mol. The molecular weight excluding hydrogens is 172 g/mol. The first-order chi connectivity index (χ1) is 5.49. The van der Waals surface area contributed by atoms with E-state index in [9.17, 15) is 4.79 Å². The molecule has 1 fully saturated rings.